The molecule has 1 aromatic heterocycles. The van der Waals surface area contributed by atoms with E-state index in [9.17, 15) is 9.59 Å². The second-order valence-corrected chi connectivity index (χ2v) is 5.67. The Labute approximate surface area is 147 Å². The molecule has 3 aromatic rings. The lowest BCUT2D eigenvalue weighted by Gasteiger charge is -2.15. The van der Waals surface area contributed by atoms with Crippen molar-refractivity contribution in [2.45, 2.75) is 0 Å². The highest BCUT2D eigenvalue weighted by atomic mass is 35.5. The molecule has 0 saturated carbocycles. The summed E-state index contributed by atoms with van der Waals surface area (Å²) in [4.78, 5) is 26.2. The molecular formula is C18H10ClN3O3. The second kappa shape index (κ2) is 5.99. The molecule has 0 atom stereocenters. The summed E-state index contributed by atoms with van der Waals surface area (Å²) >= 11 is 5.69. The Morgan fingerprint density at radius 1 is 0.840 bits per heavy atom. The lowest BCUT2D eigenvalue weighted by Crippen LogP contribution is -2.29. The molecule has 0 aliphatic carbocycles. The van der Waals surface area contributed by atoms with E-state index in [1.165, 1.54) is 0 Å². The third-order valence-electron chi connectivity index (χ3n) is 3.70. The van der Waals surface area contributed by atoms with Crippen LogP contribution in [0.5, 0.6) is 11.6 Å². The average molecular weight is 352 g/mol. The van der Waals surface area contributed by atoms with E-state index in [1.54, 1.807) is 60.7 Å². The Morgan fingerprint density at radius 3 is 2.20 bits per heavy atom. The summed E-state index contributed by atoms with van der Waals surface area (Å²) in [6.45, 7) is 0. The number of hydrogen-bond donors (Lipinski definition) is 0. The minimum absolute atomic E-state index is 0.254. The van der Waals surface area contributed by atoms with Crippen molar-refractivity contribution in [3.8, 4) is 11.6 Å². The fourth-order valence-corrected chi connectivity index (χ4v) is 2.69. The number of aromatic nitrogens is 2. The molecule has 1 aliphatic rings. The zero-order valence-corrected chi connectivity index (χ0v) is 13.5. The Hall–Kier alpha value is -3.25. The topological polar surface area (TPSA) is 72.4 Å². The molecule has 1 aliphatic heterocycles. The van der Waals surface area contributed by atoms with Crippen molar-refractivity contribution in [3.63, 3.8) is 0 Å². The van der Waals surface area contributed by atoms with E-state index in [1.807, 2.05) is 0 Å². The van der Waals surface area contributed by atoms with Crippen molar-refractivity contribution in [2.24, 2.45) is 0 Å². The van der Waals surface area contributed by atoms with Gasteiger partial charge in [-0.05, 0) is 30.3 Å². The van der Waals surface area contributed by atoms with Crippen molar-refractivity contribution in [2.75, 3.05) is 4.90 Å². The molecule has 2 heterocycles. The van der Waals surface area contributed by atoms with Crippen LogP contribution in [0, 0.1) is 0 Å². The van der Waals surface area contributed by atoms with Crippen LogP contribution in [-0.4, -0.2) is 22.0 Å². The van der Waals surface area contributed by atoms with Gasteiger partial charge < -0.3 is 4.74 Å². The van der Waals surface area contributed by atoms with Gasteiger partial charge in [0.25, 0.3) is 11.8 Å². The summed E-state index contributed by atoms with van der Waals surface area (Å²) in [5.74, 6) is -0.0392. The smallest absolute Gasteiger partial charge is 0.266 e. The standard InChI is InChI=1S/C18H10ClN3O3/c19-15-8-9-16(21-20-15)25-12-5-3-4-11(10-12)22-17(23)13-6-1-2-7-14(13)18(22)24/h1-10H. The summed E-state index contributed by atoms with van der Waals surface area (Å²) in [5, 5.41) is 7.77. The van der Waals surface area contributed by atoms with Gasteiger partial charge in [0, 0.05) is 12.1 Å². The summed E-state index contributed by atoms with van der Waals surface area (Å²) in [7, 11) is 0. The molecule has 6 nitrogen and oxygen atoms in total. The Bertz CT molecular complexity index is 954. The van der Waals surface area contributed by atoms with Gasteiger partial charge in [0.15, 0.2) is 5.15 Å². The van der Waals surface area contributed by atoms with E-state index in [0.717, 1.165) is 4.90 Å². The van der Waals surface area contributed by atoms with Gasteiger partial charge in [-0.2, -0.15) is 0 Å². The van der Waals surface area contributed by atoms with Gasteiger partial charge in [0.1, 0.15) is 5.75 Å². The summed E-state index contributed by atoms with van der Waals surface area (Å²) in [6, 6.07) is 16.5. The number of amides is 2. The Morgan fingerprint density at radius 2 is 1.56 bits per heavy atom. The normalized spacial score (nSPS) is 13.1. The van der Waals surface area contributed by atoms with Crippen molar-refractivity contribution in [1.82, 2.24) is 10.2 Å². The van der Waals surface area contributed by atoms with Gasteiger partial charge >= 0.3 is 0 Å². The molecule has 25 heavy (non-hydrogen) atoms. The first-order chi connectivity index (χ1) is 12.1. The van der Waals surface area contributed by atoms with Gasteiger partial charge in [0.2, 0.25) is 5.88 Å². The molecule has 7 heteroatoms. The molecule has 2 aromatic carbocycles. The monoisotopic (exact) mass is 351 g/mol. The van der Waals surface area contributed by atoms with E-state index >= 15 is 0 Å². The van der Waals surface area contributed by atoms with Crippen LogP contribution in [0.2, 0.25) is 5.15 Å². The van der Waals surface area contributed by atoms with Crippen LogP contribution in [0.15, 0.2) is 60.7 Å². The first-order valence-electron chi connectivity index (χ1n) is 7.38. The SMILES string of the molecule is O=C1c2ccccc2C(=O)N1c1cccc(Oc2ccc(Cl)nn2)c1. The van der Waals surface area contributed by atoms with Crippen LogP contribution in [0.4, 0.5) is 5.69 Å². The number of benzene rings is 2. The highest BCUT2D eigenvalue weighted by Gasteiger charge is 2.36. The number of ether oxygens (including phenoxy) is 1. The number of fused-ring (bicyclic) bond motifs is 1. The maximum Gasteiger partial charge on any atom is 0.266 e. The summed E-state index contributed by atoms with van der Waals surface area (Å²) in [5.41, 5.74) is 1.20. The molecule has 2 amide bonds. The third kappa shape index (κ3) is 2.72. The first-order valence-corrected chi connectivity index (χ1v) is 7.76. The van der Waals surface area contributed by atoms with Gasteiger partial charge in [0.05, 0.1) is 16.8 Å². The number of anilines is 1. The number of imide groups is 1. The minimum atomic E-state index is -0.357. The van der Waals surface area contributed by atoms with Crippen LogP contribution in [-0.2, 0) is 0 Å². The second-order valence-electron chi connectivity index (χ2n) is 5.29. The van der Waals surface area contributed by atoms with Gasteiger partial charge in [-0.25, -0.2) is 4.90 Å². The van der Waals surface area contributed by atoms with E-state index < -0.39 is 0 Å². The van der Waals surface area contributed by atoms with Crippen LogP contribution in [0.1, 0.15) is 20.7 Å². The summed E-state index contributed by atoms with van der Waals surface area (Å²) in [6.07, 6.45) is 0. The number of rotatable bonds is 3. The van der Waals surface area contributed by atoms with E-state index in [0.29, 0.717) is 22.6 Å². The molecule has 122 valence electrons. The molecule has 4 rings (SSSR count). The largest absolute Gasteiger partial charge is 0.437 e. The number of carbonyl (C=O) groups is 2. The maximum absolute atomic E-state index is 12.5. The fourth-order valence-electron chi connectivity index (χ4n) is 2.59. The quantitative estimate of drug-likeness (QED) is 0.672. The minimum Gasteiger partial charge on any atom is -0.437 e. The zero-order valence-electron chi connectivity index (χ0n) is 12.7. The van der Waals surface area contributed by atoms with Crippen LogP contribution in [0.25, 0.3) is 0 Å². The fraction of sp³-hybridized carbons (Fsp3) is 0. The lowest BCUT2D eigenvalue weighted by atomic mass is 10.1. The van der Waals surface area contributed by atoms with Gasteiger partial charge in [-0.15, -0.1) is 10.2 Å². The summed E-state index contributed by atoms with van der Waals surface area (Å²) < 4.78 is 5.60. The molecule has 0 N–H and O–H groups in total. The lowest BCUT2D eigenvalue weighted by molar-refractivity contribution is 0.0926. The highest BCUT2D eigenvalue weighted by molar-refractivity contribution is 6.34. The predicted molar refractivity (Wildman–Crippen MR) is 91.1 cm³/mol. The number of hydrogen-bond acceptors (Lipinski definition) is 5. The number of carbonyl (C=O) groups excluding carboxylic acids is 2. The first kappa shape index (κ1) is 15.3. The van der Waals surface area contributed by atoms with Crippen molar-refractivity contribution < 1.29 is 14.3 Å². The van der Waals surface area contributed by atoms with Crippen molar-refractivity contribution in [1.29, 1.82) is 0 Å². The molecule has 0 radical (unpaired) electrons. The van der Waals surface area contributed by atoms with Crippen LogP contribution in [0.3, 0.4) is 0 Å². The number of halogens is 1. The molecule has 0 bridgehead atoms. The van der Waals surface area contributed by atoms with Gasteiger partial charge in [-0.3, -0.25) is 9.59 Å². The Kier molecular flexibility index (Phi) is 3.66. The average Bonchev–Trinajstić information content (AvgIpc) is 2.89. The molecule has 0 saturated heterocycles. The van der Waals surface area contributed by atoms with Crippen molar-refractivity contribution >= 4 is 29.1 Å². The predicted octanol–water partition coefficient (Wildman–Crippen LogP) is 3.72. The Balaban J connectivity index is 1.65. The molecule has 0 unspecified atom stereocenters. The van der Waals surface area contributed by atoms with Crippen LogP contribution < -0.4 is 9.64 Å². The van der Waals surface area contributed by atoms with E-state index in [2.05, 4.69) is 10.2 Å². The van der Waals surface area contributed by atoms with Crippen molar-refractivity contribution in [3.05, 3.63) is 76.9 Å². The number of nitrogens with zero attached hydrogens (tertiary/aromatic N) is 3. The molecule has 0 fully saturated rings. The molecule has 0 spiro atoms. The zero-order chi connectivity index (χ0) is 17.4. The third-order valence-corrected chi connectivity index (χ3v) is 3.90. The van der Waals surface area contributed by atoms with Gasteiger partial charge in [-0.1, -0.05) is 29.8 Å². The van der Waals surface area contributed by atoms with E-state index in [-0.39, 0.29) is 22.8 Å². The molecular weight excluding hydrogens is 342 g/mol. The maximum atomic E-state index is 12.5. The van der Waals surface area contributed by atoms with Crippen LogP contribution >= 0.6 is 11.6 Å². The van der Waals surface area contributed by atoms with E-state index in [4.69, 9.17) is 16.3 Å². The highest BCUT2D eigenvalue weighted by Crippen LogP contribution is 2.31.